The molecule has 1 saturated carbocycles. The van der Waals surface area contributed by atoms with Crippen molar-refractivity contribution in [1.29, 1.82) is 0 Å². The minimum absolute atomic E-state index is 0.0299. The van der Waals surface area contributed by atoms with Crippen molar-refractivity contribution in [3.63, 3.8) is 0 Å². The van der Waals surface area contributed by atoms with Crippen molar-refractivity contribution in [3.8, 4) is 0 Å². The van der Waals surface area contributed by atoms with E-state index < -0.39 is 0 Å². The molecule has 2 rings (SSSR count). The molecule has 0 saturated heterocycles. The monoisotopic (exact) mass is 279 g/mol. The van der Waals surface area contributed by atoms with Crippen molar-refractivity contribution in [2.24, 2.45) is 5.92 Å². The first kappa shape index (κ1) is 15.1. The predicted molar refractivity (Wildman–Crippen MR) is 77.4 cm³/mol. The Bertz CT molecular complexity index is 472. The number of hydrogen-bond acceptors (Lipinski definition) is 3. The van der Waals surface area contributed by atoms with Gasteiger partial charge in [0.05, 0.1) is 12.1 Å². The third kappa shape index (κ3) is 4.10. The van der Waals surface area contributed by atoms with Crippen LogP contribution in [0.3, 0.4) is 0 Å². The topological polar surface area (TPSA) is 42.7 Å². The van der Waals surface area contributed by atoms with E-state index in [1.165, 1.54) is 6.42 Å². The molecule has 0 spiro atoms. The summed E-state index contributed by atoms with van der Waals surface area (Å²) in [5.41, 5.74) is -0.295. The van der Waals surface area contributed by atoms with E-state index in [0.29, 0.717) is 12.5 Å². The van der Waals surface area contributed by atoms with Gasteiger partial charge in [-0.3, -0.25) is 4.79 Å². The fourth-order valence-electron chi connectivity index (χ4n) is 2.11. The van der Waals surface area contributed by atoms with E-state index >= 15 is 0 Å². The zero-order valence-electron chi connectivity index (χ0n) is 13.1. The first-order valence-corrected chi connectivity index (χ1v) is 7.23. The van der Waals surface area contributed by atoms with Gasteiger partial charge in [0.1, 0.15) is 18.1 Å². The molecule has 1 aromatic heterocycles. The van der Waals surface area contributed by atoms with Crippen LogP contribution >= 0.6 is 0 Å². The van der Waals surface area contributed by atoms with Crippen LogP contribution in [0.4, 0.5) is 0 Å². The summed E-state index contributed by atoms with van der Waals surface area (Å²) in [5.74, 6) is 3.17. The Labute approximate surface area is 121 Å². The van der Waals surface area contributed by atoms with Gasteiger partial charge >= 0.3 is 0 Å². The molecule has 0 radical (unpaired) electrons. The summed E-state index contributed by atoms with van der Waals surface area (Å²) in [4.78, 5) is 13.6. The highest BCUT2D eigenvalue weighted by Gasteiger charge is 2.36. The number of hydrogen-bond donors (Lipinski definition) is 0. The van der Waals surface area contributed by atoms with E-state index in [0.717, 1.165) is 17.4 Å². The molecule has 1 amide bonds. The van der Waals surface area contributed by atoms with Crippen LogP contribution < -0.4 is 0 Å². The van der Waals surface area contributed by atoms with Crippen LogP contribution in [0.2, 0.25) is 0 Å². The summed E-state index contributed by atoms with van der Waals surface area (Å²) in [6, 6.07) is 4.00. The van der Waals surface area contributed by atoms with Crippen LogP contribution in [-0.4, -0.2) is 30.1 Å². The SMILES string of the molecule is CC1CC1c1ccc(CN(C)C(=O)COC(C)(C)C)o1. The second-order valence-corrected chi connectivity index (χ2v) is 6.77. The van der Waals surface area contributed by atoms with Crippen LogP contribution in [0.15, 0.2) is 16.5 Å². The van der Waals surface area contributed by atoms with E-state index in [9.17, 15) is 4.79 Å². The smallest absolute Gasteiger partial charge is 0.248 e. The lowest BCUT2D eigenvalue weighted by Crippen LogP contribution is -2.33. The molecule has 1 aliphatic rings. The lowest BCUT2D eigenvalue weighted by Gasteiger charge is -2.22. The quantitative estimate of drug-likeness (QED) is 0.831. The van der Waals surface area contributed by atoms with E-state index in [1.54, 1.807) is 11.9 Å². The van der Waals surface area contributed by atoms with Crippen molar-refractivity contribution in [1.82, 2.24) is 4.90 Å². The maximum absolute atomic E-state index is 12.0. The Kier molecular flexibility index (Phi) is 4.23. The second kappa shape index (κ2) is 5.60. The summed E-state index contributed by atoms with van der Waals surface area (Å²) in [5, 5.41) is 0. The fraction of sp³-hybridized carbons (Fsp3) is 0.688. The molecule has 1 aromatic rings. The van der Waals surface area contributed by atoms with E-state index in [-0.39, 0.29) is 18.1 Å². The Hall–Kier alpha value is -1.29. The highest BCUT2D eigenvalue weighted by molar-refractivity contribution is 5.77. The fourth-order valence-corrected chi connectivity index (χ4v) is 2.11. The van der Waals surface area contributed by atoms with Gasteiger partial charge in [-0.1, -0.05) is 6.92 Å². The number of carbonyl (C=O) groups excluding carboxylic acids is 1. The standard InChI is InChI=1S/C16H25NO3/c1-11-8-13(11)14-7-6-12(20-14)9-17(5)15(18)10-19-16(2,3)4/h6-7,11,13H,8-10H2,1-5H3. The molecule has 0 aliphatic heterocycles. The Morgan fingerprint density at radius 2 is 2.10 bits per heavy atom. The highest BCUT2D eigenvalue weighted by atomic mass is 16.5. The lowest BCUT2D eigenvalue weighted by atomic mass is 10.2. The Morgan fingerprint density at radius 1 is 1.45 bits per heavy atom. The molecule has 20 heavy (non-hydrogen) atoms. The summed E-state index contributed by atoms with van der Waals surface area (Å²) < 4.78 is 11.3. The van der Waals surface area contributed by atoms with Crippen LogP contribution in [0.1, 0.15) is 51.6 Å². The second-order valence-electron chi connectivity index (χ2n) is 6.77. The number of ether oxygens (including phenoxy) is 1. The number of carbonyl (C=O) groups is 1. The zero-order chi connectivity index (χ0) is 14.9. The first-order chi connectivity index (χ1) is 9.26. The number of rotatable bonds is 5. The molecule has 1 aliphatic carbocycles. The molecule has 0 N–H and O–H groups in total. The molecule has 0 aromatic carbocycles. The first-order valence-electron chi connectivity index (χ1n) is 7.23. The molecule has 112 valence electrons. The summed E-state index contributed by atoms with van der Waals surface area (Å²) in [7, 11) is 1.77. The minimum atomic E-state index is -0.295. The van der Waals surface area contributed by atoms with Gasteiger partial charge in [0.2, 0.25) is 5.91 Å². The molecule has 2 atom stereocenters. The van der Waals surface area contributed by atoms with Crippen LogP contribution in [-0.2, 0) is 16.1 Å². The molecule has 2 unspecified atom stereocenters. The van der Waals surface area contributed by atoms with Crippen molar-refractivity contribution >= 4 is 5.91 Å². The van der Waals surface area contributed by atoms with Crippen molar-refractivity contribution in [3.05, 3.63) is 23.7 Å². The maximum atomic E-state index is 12.0. The van der Waals surface area contributed by atoms with E-state index in [1.807, 2.05) is 32.9 Å². The van der Waals surface area contributed by atoms with Crippen LogP contribution in [0.5, 0.6) is 0 Å². The zero-order valence-corrected chi connectivity index (χ0v) is 13.1. The molecule has 4 heteroatoms. The lowest BCUT2D eigenvalue weighted by molar-refractivity contribution is -0.140. The third-order valence-corrected chi connectivity index (χ3v) is 3.60. The molecule has 1 heterocycles. The Balaban J connectivity index is 1.83. The molecular formula is C16H25NO3. The molecule has 0 bridgehead atoms. The summed E-state index contributed by atoms with van der Waals surface area (Å²) in [6.07, 6.45) is 1.21. The van der Waals surface area contributed by atoms with E-state index in [2.05, 4.69) is 6.92 Å². The number of amides is 1. The van der Waals surface area contributed by atoms with Crippen LogP contribution in [0.25, 0.3) is 0 Å². The summed E-state index contributed by atoms with van der Waals surface area (Å²) >= 11 is 0. The van der Waals surface area contributed by atoms with Gasteiger partial charge in [-0.15, -0.1) is 0 Å². The van der Waals surface area contributed by atoms with Gasteiger partial charge in [0.25, 0.3) is 0 Å². The number of furan rings is 1. The third-order valence-electron chi connectivity index (χ3n) is 3.60. The minimum Gasteiger partial charge on any atom is -0.464 e. The van der Waals surface area contributed by atoms with Gasteiger partial charge in [-0.2, -0.15) is 0 Å². The van der Waals surface area contributed by atoms with Gasteiger partial charge in [-0.05, 0) is 45.2 Å². The molecule has 1 fully saturated rings. The van der Waals surface area contributed by atoms with Gasteiger partial charge in [-0.25, -0.2) is 0 Å². The van der Waals surface area contributed by atoms with Gasteiger partial charge < -0.3 is 14.1 Å². The highest BCUT2D eigenvalue weighted by Crippen LogP contribution is 2.47. The summed E-state index contributed by atoms with van der Waals surface area (Å²) in [6.45, 7) is 8.65. The normalized spacial score (nSPS) is 21.9. The van der Waals surface area contributed by atoms with Crippen molar-refractivity contribution < 1.29 is 13.9 Å². The predicted octanol–water partition coefficient (Wildman–Crippen LogP) is 3.18. The number of nitrogens with zero attached hydrogens (tertiary/aromatic N) is 1. The number of likely N-dealkylation sites (N-methyl/N-ethyl adjacent to an activating group) is 1. The maximum Gasteiger partial charge on any atom is 0.248 e. The van der Waals surface area contributed by atoms with Crippen LogP contribution in [0, 0.1) is 5.92 Å². The average Bonchev–Trinajstić information content (AvgIpc) is 2.88. The van der Waals surface area contributed by atoms with Crippen molar-refractivity contribution in [2.45, 2.75) is 52.2 Å². The van der Waals surface area contributed by atoms with Crippen molar-refractivity contribution in [2.75, 3.05) is 13.7 Å². The van der Waals surface area contributed by atoms with Gasteiger partial charge in [0, 0.05) is 13.0 Å². The molecule has 4 nitrogen and oxygen atoms in total. The van der Waals surface area contributed by atoms with Gasteiger partial charge in [0.15, 0.2) is 0 Å². The average molecular weight is 279 g/mol. The Morgan fingerprint density at radius 3 is 2.65 bits per heavy atom. The molecular weight excluding hydrogens is 254 g/mol. The van der Waals surface area contributed by atoms with E-state index in [4.69, 9.17) is 9.15 Å². The largest absolute Gasteiger partial charge is 0.464 e.